The van der Waals surface area contributed by atoms with E-state index < -0.39 is 6.04 Å². The fourth-order valence-electron chi connectivity index (χ4n) is 6.02. The van der Waals surface area contributed by atoms with Gasteiger partial charge in [-0.2, -0.15) is 0 Å². The second-order valence-electron chi connectivity index (χ2n) is 10.7. The molecule has 0 aliphatic carbocycles. The Morgan fingerprint density at radius 3 is 2.36 bits per heavy atom. The van der Waals surface area contributed by atoms with Gasteiger partial charge >= 0.3 is 0 Å². The maximum atomic E-state index is 13.8. The van der Waals surface area contributed by atoms with Crippen molar-refractivity contribution in [1.29, 1.82) is 0 Å². The highest BCUT2D eigenvalue weighted by atomic mass is 35.5. The highest BCUT2D eigenvalue weighted by Gasteiger charge is 2.37. The van der Waals surface area contributed by atoms with Crippen LogP contribution in [0.25, 0.3) is 10.9 Å². The van der Waals surface area contributed by atoms with E-state index in [0.717, 1.165) is 82.5 Å². The average Bonchev–Trinajstić information content (AvgIpc) is 3.33. The lowest BCUT2D eigenvalue weighted by Crippen LogP contribution is -2.61. The van der Waals surface area contributed by atoms with Crippen LogP contribution in [0.1, 0.15) is 49.5 Å². The Morgan fingerprint density at radius 1 is 0.972 bits per heavy atom. The zero-order valence-corrected chi connectivity index (χ0v) is 22.3. The number of halogens is 1. The monoisotopic (exact) mass is 514 g/mol. The minimum atomic E-state index is -0.555. The Kier molecular flexibility index (Phi) is 7.86. The zero-order chi connectivity index (χ0) is 25.2. The van der Waals surface area contributed by atoms with Crippen molar-refractivity contribution in [1.82, 2.24) is 29.7 Å². The van der Waals surface area contributed by atoms with Crippen molar-refractivity contribution in [3.63, 3.8) is 0 Å². The summed E-state index contributed by atoms with van der Waals surface area (Å²) in [5, 5.41) is 5.34. The molecule has 3 aliphatic rings. The van der Waals surface area contributed by atoms with Gasteiger partial charge in [0.25, 0.3) is 5.91 Å². The number of nitrogens with zero attached hydrogens (tertiary/aromatic N) is 5. The third kappa shape index (κ3) is 5.42. The summed E-state index contributed by atoms with van der Waals surface area (Å²) in [6.07, 6.45) is 5.62. The summed E-state index contributed by atoms with van der Waals surface area (Å²) in [4.78, 5) is 37.7. The van der Waals surface area contributed by atoms with Gasteiger partial charge in [-0.15, -0.1) is 0 Å². The van der Waals surface area contributed by atoms with E-state index in [1.807, 2.05) is 36.1 Å². The number of piperidine rings is 2. The predicted octanol–water partition coefficient (Wildman–Crippen LogP) is 3.29. The number of likely N-dealkylation sites (tertiary alicyclic amines) is 1. The van der Waals surface area contributed by atoms with Gasteiger partial charge < -0.3 is 14.8 Å². The van der Waals surface area contributed by atoms with Crippen molar-refractivity contribution in [2.45, 2.75) is 51.1 Å². The maximum Gasteiger partial charge on any atom is 0.285 e. The van der Waals surface area contributed by atoms with E-state index in [-0.39, 0.29) is 11.8 Å². The second-order valence-corrected chi connectivity index (χ2v) is 11.1. The quantitative estimate of drug-likeness (QED) is 0.663. The van der Waals surface area contributed by atoms with Crippen LogP contribution in [0.3, 0.4) is 0 Å². The molecule has 2 aromatic rings. The standard InChI is InChI=1S/C27H39ClN6O2/c1-20(26(35)32-16-14-31(15-17-32)23-8-12-30(2)13-9-23)34(33-10-4-3-5-11-33)27(36)25-19-21-18-22(28)6-7-24(21)29-25/h6-7,18-20,23,29H,3-5,8-17H2,1-2H3/t20-/m1/s1. The molecular weight excluding hydrogens is 476 g/mol. The molecule has 36 heavy (non-hydrogen) atoms. The number of aromatic amines is 1. The van der Waals surface area contributed by atoms with Crippen LogP contribution >= 0.6 is 11.6 Å². The van der Waals surface area contributed by atoms with E-state index in [4.69, 9.17) is 11.6 Å². The van der Waals surface area contributed by atoms with Gasteiger partial charge in [0.15, 0.2) is 0 Å². The lowest BCUT2D eigenvalue weighted by atomic mass is 10.0. The molecular formula is C27H39ClN6O2. The first-order chi connectivity index (χ1) is 17.4. The van der Waals surface area contributed by atoms with Crippen molar-refractivity contribution < 1.29 is 9.59 Å². The number of aromatic nitrogens is 1. The number of hydrogen-bond acceptors (Lipinski definition) is 5. The average molecular weight is 515 g/mol. The molecule has 0 saturated carbocycles. The summed E-state index contributed by atoms with van der Waals surface area (Å²) in [6, 6.07) is 7.47. The molecule has 4 heterocycles. The van der Waals surface area contributed by atoms with Gasteiger partial charge in [-0.3, -0.25) is 19.5 Å². The van der Waals surface area contributed by atoms with Gasteiger partial charge in [0.05, 0.1) is 0 Å². The van der Waals surface area contributed by atoms with Gasteiger partial charge in [0.1, 0.15) is 11.7 Å². The summed E-state index contributed by atoms with van der Waals surface area (Å²) < 4.78 is 0. The molecule has 3 fully saturated rings. The van der Waals surface area contributed by atoms with Crippen LogP contribution in [-0.4, -0.2) is 113 Å². The number of hydrazine groups is 1. The molecule has 5 rings (SSSR count). The predicted molar refractivity (Wildman–Crippen MR) is 143 cm³/mol. The normalized spacial score (nSPS) is 22.1. The Bertz CT molecular complexity index is 1070. The minimum Gasteiger partial charge on any atom is -0.350 e. The topological polar surface area (TPSA) is 66.1 Å². The van der Waals surface area contributed by atoms with Crippen LogP contribution in [0, 0.1) is 0 Å². The van der Waals surface area contributed by atoms with Gasteiger partial charge in [-0.1, -0.05) is 18.0 Å². The first-order valence-corrected chi connectivity index (χ1v) is 13.9. The maximum absolute atomic E-state index is 13.8. The second kappa shape index (κ2) is 11.1. The molecule has 1 aromatic carbocycles. The van der Waals surface area contributed by atoms with Gasteiger partial charge in [0, 0.05) is 61.2 Å². The van der Waals surface area contributed by atoms with Crippen LogP contribution in [0.2, 0.25) is 5.02 Å². The van der Waals surface area contributed by atoms with Crippen LogP contribution in [0.4, 0.5) is 0 Å². The fourth-order valence-corrected chi connectivity index (χ4v) is 6.20. The summed E-state index contributed by atoms with van der Waals surface area (Å²) in [5.74, 6) is -0.119. The molecule has 1 N–H and O–H groups in total. The first-order valence-electron chi connectivity index (χ1n) is 13.5. The summed E-state index contributed by atoms with van der Waals surface area (Å²) in [6.45, 7) is 9.03. The Morgan fingerprint density at radius 2 is 1.67 bits per heavy atom. The smallest absolute Gasteiger partial charge is 0.285 e. The number of carbonyl (C=O) groups excluding carboxylic acids is 2. The largest absolute Gasteiger partial charge is 0.350 e. The van der Waals surface area contributed by atoms with E-state index in [1.54, 1.807) is 5.01 Å². The summed E-state index contributed by atoms with van der Waals surface area (Å²) >= 11 is 6.16. The minimum absolute atomic E-state index is 0.0381. The van der Waals surface area contributed by atoms with E-state index >= 15 is 0 Å². The highest BCUT2D eigenvalue weighted by Crippen LogP contribution is 2.24. The number of amides is 2. The highest BCUT2D eigenvalue weighted by molar-refractivity contribution is 6.31. The molecule has 0 bridgehead atoms. The number of benzene rings is 1. The molecule has 0 spiro atoms. The Labute approximate surface area is 219 Å². The van der Waals surface area contributed by atoms with E-state index in [9.17, 15) is 9.59 Å². The van der Waals surface area contributed by atoms with Crippen LogP contribution in [0.5, 0.6) is 0 Å². The number of hydrogen-bond donors (Lipinski definition) is 1. The lowest BCUT2D eigenvalue weighted by molar-refractivity contribution is -0.145. The van der Waals surface area contributed by atoms with E-state index in [1.165, 1.54) is 12.8 Å². The molecule has 1 aromatic heterocycles. The van der Waals surface area contributed by atoms with Crippen molar-refractivity contribution >= 4 is 34.3 Å². The number of rotatable bonds is 5. The van der Waals surface area contributed by atoms with Crippen LogP contribution in [-0.2, 0) is 4.79 Å². The SMILES string of the molecule is C[C@H](C(=O)N1CCN(C2CCN(C)CC2)CC1)N(C(=O)c1cc2cc(Cl)ccc2[nH]1)N1CCCCC1. The number of carbonyl (C=O) groups is 2. The number of H-pyrrole nitrogens is 1. The fraction of sp³-hybridized carbons (Fsp3) is 0.630. The molecule has 0 unspecified atom stereocenters. The van der Waals surface area contributed by atoms with Crippen molar-refractivity contribution in [3.8, 4) is 0 Å². The number of piperazine rings is 1. The van der Waals surface area contributed by atoms with Crippen LogP contribution in [0.15, 0.2) is 24.3 Å². The zero-order valence-electron chi connectivity index (χ0n) is 21.6. The molecule has 2 amide bonds. The third-order valence-corrected chi connectivity index (χ3v) is 8.45. The molecule has 0 radical (unpaired) electrons. The van der Waals surface area contributed by atoms with Crippen LogP contribution < -0.4 is 0 Å². The Hall–Kier alpha value is -2.13. The van der Waals surface area contributed by atoms with E-state index in [0.29, 0.717) is 16.8 Å². The van der Waals surface area contributed by atoms with Crippen molar-refractivity contribution in [3.05, 3.63) is 35.0 Å². The van der Waals surface area contributed by atoms with Gasteiger partial charge in [0.2, 0.25) is 5.91 Å². The molecule has 3 aliphatic heterocycles. The first kappa shape index (κ1) is 25.5. The molecule has 8 nitrogen and oxygen atoms in total. The molecule has 1 atom stereocenters. The molecule has 9 heteroatoms. The lowest BCUT2D eigenvalue weighted by Gasteiger charge is -2.45. The van der Waals surface area contributed by atoms with Gasteiger partial charge in [-0.25, -0.2) is 5.01 Å². The number of nitrogens with one attached hydrogen (secondary N) is 1. The summed E-state index contributed by atoms with van der Waals surface area (Å²) in [5.41, 5.74) is 1.36. The number of fused-ring (bicyclic) bond motifs is 1. The summed E-state index contributed by atoms with van der Waals surface area (Å²) in [7, 11) is 2.19. The van der Waals surface area contributed by atoms with Gasteiger partial charge in [-0.05, 0) is 77.0 Å². The van der Waals surface area contributed by atoms with Crippen molar-refractivity contribution in [2.75, 3.05) is 59.4 Å². The molecule has 196 valence electrons. The van der Waals surface area contributed by atoms with Crippen molar-refractivity contribution in [2.24, 2.45) is 0 Å². The Balaban J connectivity index is 1.29. The van der Waals surface area contributed by atoms with E-state index in [2.05, 4.69) is 26.8 Å². The molecule has 3 saturated heterocycles. The third-order valence-electron chi connectivity index (χ3n) is 8.21.